The van der Waals surface area contributed by atoms with E-state index < -0.39 is 8.07 Å². The summed E-state index contributed by atoms with van der Waals surface area (Å²) < 4.78 is 0. The molecule has 0 radical (unpaired) electrons. The van der Waals surface area contributed by atoms with E-state index >= 15 is 0 Å². The first-order chi connectivity index (χ1) is 19.6. The Bertz CT molecular complexity index is 2000. The Labute approximate surface area is 235 Å². The van der Waals surface area contributed by atoms with Crippen LogP contribution in [0.15, 0.2) is 134 Å². The second-order valence-electron chi connectivity index (χ2n) is 11.2. The van der Waals surface area contributed by atoms with Gasteiger partial charge in [0.15, 0.2) is 0 Å². The predicted octanol–water partition coefficient (Wildman–Crippen LogP) is 8.81. The molecule has 3 heteroatoms. The van der Waals surface area contributed by atoms with Crippen LogP contribution in [-0.2, 0) is 0 Å². The van der Waals surface area contributed by atoms with Crippen molar-refractivity contribution in [3.63, 3.8) is 0 Å². The molecule has 40 heavy (non-hydrogen) atoms. The number of pyridine rings is 1. The Morgan fingerprint density at radius 3 is 1.85 bits per heavy atom. The van der Waals surface area contributed by atoms with Crippen molar-refractivity contribution in [2.45, 2.75) is 13.1 Å². The van der Waals surface area contributed by atoms with Gasteiger partial charge in [-0.05, 0) is 61.2 Å². The van der Waals surface area contributed by atoms with Gasteiger partial charge in [-0.2, -0.15) is 0 Å². The van der Waals surface area contributed by atoms with Crippen molar-refractivity contribution in [1.82, 2.24) is 4.98 Å². The monoisotopic (exact) mass is 528 g/mol. The summed E-state index contributed by atoms with van der Waals surface area (Å²) in [4.78, 5) is 7.21. The van der Waals surface area contributed by atoms with Crippen LogP contribution in [0.1, 0.15) is 0 Å². The first kappa shape index (κ1) is 23.2. The van der Waals surface area contributed by atoms with E-state index in [-0.39, 0.29) is 0 Å². The van der Waals surface area contributed by atoms with Gasteiger partial charge >= 0.3 is 0 Å². The summed E-state index contributed by atoms with van der Waals surface area (Å²) in [6.45, 7) is 4.95. The molecule has 6 aromatic carbocycles. The molecule has 2 heterocycles. The molecular weight excluding hydrogens is 501 g/mol. The van der Waals surface area contributed by atoms with Crippen molar-refractivity contribution < 1.29 is 0 Å². The third-order valence-corrected chi connectivity index (χ3v) is 12.3. The number of rotatable bonds is 2. The lowest BCUT2D eigenvalue weighted by atomic mass is 9.88. The minimum absolute atomic E-state index is 1.16. The summed E-state index contributed by atoms with van der Waals surface area (Å²) in [5, 5.41) is 10.3. The van der Waals surface area contributed by atoms with Crippen LogP contribution in [0.2, 0.25) is 13.1 Å². The predicted molar refractivity (Wildman–Crippen MR) is 174 cm³/mol. The highest BCUT2D eigenvalue weighted by atomic mass is 28.3. The van der Waals surface area contributed by atoms with E-state index in [1.807, 2.05) is 6.20 Å². The van der Waals surface area contributed by atoms with Crippen molar-refractivity contribution >= 4 is 67.8 Å². The van der Waals surface area contributed by atoms with Gasteiger partial charge in [0.25, 0.3) is 0 Å². The highest BCUT2D eigenvalue weighted by Gasteiger charge is 2.39. The molecule has 0 bridgehead atoms. The normalized spacial score (nSPS) is 13.9. The van der Waals surface area contributed by atoms with Crippen molar-refractivity contribution in [3.8, 4) is 11.1 Å². The zero-order valence-electron chi connectivity index (χ0n) is 22.6. The molecule has 0 saturated heterocycles. The number of nitrogens with zero attached hydrogens (tertiary/aromatic N) is 2. The summed E-state index contributed by atoms with van der Waals surface area (Å²) in [7, 11) is -1.89. The molecule has 0 unspecified atom stereocenters. The van der Waals surface area contributed by atoms with Crippen LogP contribution in [0.3, 0.4) is 0 Å². The Kier molecular flexibility index (Phi) is 5.00. The van der Waals surface area contributed by atoms with Gasteiger partial charge in [-0.1, -0.05) is 116 Å². The molecule has 2 nitrogen and oxygen atoms in total. The van der Waals surface area contributed by atoms with Crippen molar-refractivity contribution in [1.29, 1.82) is 0 Å². The van der Waals surface area contributed by atoms with Gasteiger partial charge in [0.05, 0.1) is 5.69 Å². The minimum atomic E-state index is -1.89. The molecule has 0 fully saturated rings. The summed E-state index contributed by atoms with van der Waals surface area (Å²) in [5.74, 6) is 0. The maximum absolute atomic E-state index is 4.69. The van der Waals surface area contributed by atoms with E-state index in [0.717, 1.165) is 5.39 Å². The number of hydrogen-bond donors (Lipinski definition) is 0. The van der Waals surface area contributed by atoms with Crippen LogP contribution in [0.25, 0.3) is 43.4 Å². The lowest BCUT2D eigenvalue weighted by Crippen LogP contribution is -2.58. The zero-order chi connectivity index (χ0) is 26.8. The number of benzene rings is 6. The molecule has 1 aliphatic rings. The third-order valence-electron chi connectivity index (χ3n) is 8.72. The standard InChI is InChI=1S/C37H28N2Si/c1-40(2)34-20-9-7-18-32(34)39(33-19-8-10-21-35(33)40)37-30-16-6-5-15-28(30)36(29-22-23-38-24-31(29)37)27-17-11-13-25-12-3-4-14-26(25)27/h3-24H,1-2H3. The Morgan fingerprint density at radius 1 is 0.525 bits per heavy atom. The molecule has 8 rings (SSSR count). The summed E-state index contributed by atoms with van der Waals surface area (Å²) in [6, 6.07) is 44.5. The third kappa shape index (κ3) is 3.19. The Morgan fingerprint density at radius 2 is 1.10 bits per heavy atom. The van der Waals surface area contributed by atoms with Crippen LogP contribution in [-0.4, -0.2) is 13.1 Å². The number of anilines is 3. The second-order valence-corrected chi connectivity index (χ2v) is 15.5. The lowest BCUT2D eigenvalue weighted by Gasteiger charge is -2.41. The van der Waals surface area contributed by atoms with Crippen LogP contribution in [0, 0.1) is 0 Å². The van der Waals surface area contributed by atoms with Crippen LogP contribution in [0.5, 0.6) is 0 Å². The van der Waals surface area contributed by atoms with E-state index in [4.69, 9.17) is 4.98 Å². The van der Waals surface area contributed by atoms with Crippen molar-refractivity contribution in [3.05, 3.63) is 134 Å². The van der Waals surface area contributed by atoms with Crippen molar-refractivity contribution in [2.24, 2.45) is 0 Å². The van der Waals surface area contributed by atoms with Crippen molar-refractivity contribution in [2.75, 3.05) is 4.90 Å². The topological polar surface area (TPSA) is 16.1 Å². The van der Waals surface area contributed by atoms with Crippen LogP contribution < -0.4 is 15.3 Å². The highest BCUT2D eigenvalue weighted by molar-refractivity contribution is 7.02. The fraction of sp³-hybridized carbons (Fsp3) is 0.0541. The molecule has 0 atom stereocenters. The first-order valence-electron chi connectivity index (χ1n) is 13.9. The summed E-state index contributed by atoms with van der Waals surface area (Å²) >= 11 is 0. The van der Waals surface area contributed by atoms with E-state index in [0.29, 0.717) is 0 Å². The van der Waals surface area contributed by atoms with E-state index in [9.17, 15) is 0 Å². The number of para-hydroxylation sites is 2. The minimum Gasteiger partial charge on any atom is -0.309 e. The van der Waals surface area contributed by atoms with Gasteiger partial charge in [0, 0.05) is 34.5 Å². The van der Waals surface area contributed by atoms with Gasteiger partial charge in [0.2, 0.25) is 0 Å². The smallest absolute Gasteiger partial charge is 0.117 e. The molecule has 0 saturated carbocycles. The molecule has 1 aromatic heterocycles. The second kappa shape index (κ2) is 8.64. The Hall–Kier alpha value is -4.73. The number of hydrogen-bond acceptors (Lipinski definition) is 2. The molecule has 0 amide bonds. The maximum atomic E-state index is 4.69. The first-order valence-corrected chi connectivity index (χ1v) is 16.9. The summed E-state index contributed by atoms with van der Waals surface area (Å²) in [5.41, 5.74) is 6.29. The molecular formula is C37H28N2Si. The molecule has 1 aliphatic heterocycles. The van der Waals surface area contributed by atoms with Gasteiger partial charge in [0.1, 0.15) is 8.07 Å². The average Bonchev–Trinajstić information content (AvgIpc) is 3.01. The molecule has 7 aromatic rings. The molecule has 190 valence electrons. The van der Waals surface area contributed by atoms with Gasteiger partial charge in [-0.15, -0.1) is 0 Å². The zero-order valence-corrected chi connectivity index (χ0v) is 23.6. The van der Waals surface area contributed by atoms with Gasteiger partial charge in [-0.25, -0.2) is 0 Å². The average molecular weight is 529 g/mol. The van der Waals surface area contributed by atoms with E-state index in [1.54, 1.807) is 0 Å². The highest BCUT2D eigenvalue weighted by Crippen LogP contribution is 2.49. The Balaban J connectivity index is 1.55. The molecule has 0 spiro atoms. The quantitative estimate of drug-likeness (QED) is 0.165. The lowest BCUT2D eigenvalue weighted by molar-refractivity contribution is 1.30. The SMILES string of the molecule is C[Si]1(C)c2ccccc2N(c2c3ccccc3c(-c3cccc4ccccc34)c3ccncc23)c2ccccc21. The number of aromatic nitrogens is 1. The maximum Gasteiger partial charge on any atom is 0.117 e. The number of fused-ring (bicyclic) bond motifs is 5. The molecule has 0 aliphatic carbocycles. The fourth-order valence-corrected chi connectivity index (χ4v) is 9.87. The van der Waals surface area contributed by atoms with E-state index in [1.165, 1.54) is 65.5 Å². The fourth-order valence-electron chi connectivity index (χ4n) is 6.88. The van der Waals surface area contributed by atoms with E-state index in [2.05, 4.69) is 146 Å². The molecule has 0 N–H and O–H groups in total. The van der Waals surface area contributed by atoms with Gasteiger partial charge < -0.3 is 4.90 Å². The summed E-state index contributed by atoms with van der Waals surface area (Å²) in [6.07, 6.45) is 4.00. The van der Waals surface area contributed by atoms with Gasteiger partial charge in [-0.3, -0.25) is 4.98 Å². The van der Waals surface area contributed by atoms with Crippen LogP contribution >= 0.6 is 0 Å². The largest absolute Gasteiger partial charge is 0.309 e. The van der Waals surface area contributed by atoms with Crippen LogP contribution in [0.4, 0.5) is 17.1 Å².